The summed E-state index contributed by atoms with van der Waals surface area (Å²) >= 11 is 1.88. The van der Waals surface area contributed by atoms with E-state index in [1.807, 2.05) is 11.3 Å². The third-order valence-corrected chi connectivity index (χ3v) is 4.92. The highest BCUT2D eigenvalue weighted by Gasteiger charge is 2.18. The number of benzene rings is 1. The van der Waals surface area contributed by atoms with Gasteiger partial charge in [0.25, 0.3) is 0 Å². The predicted molar refractivity (Wildman–Crippen MR) is 76.4 cm³/mol. The van der Waals surface area contributed by atoms with E-state index >= 15 is 0 Å². The maximum atomic E-state index is 4.30. The van der Waals surface area contributed by atoms with E-state index in [1.54, 1.807) is 0 Å². The second-order valence-corrected chi connectivity index (χ2v) is 5.75. The Morgan fingerprint density at radius 1 is 1.24 bits per heavy atom. The molecule has 1 aromatic carbocycles. The highest BCUT2D eigenvalue weighted by molar-refractivity contribution is 7.20. The third kappa shape index (κ3) is 1.77. The summed E-state index contributed by atoms with van der Waals surface area (Å²) in [6.07, 6.45) is 2.62. The van der Waals surface area contributed by atoms with Gasteiger partial charge in [0.1, 0.15) is 0 Å². The van der Waals surface area contributed by atoms with Crippen LogP contribution in [0.4, 0.5) is 0 Å². The fourth-order valence-electron chi connectivity index (χ4n) is 2.58. The molecule has 1 aliphatic heterocycles. The van der Waals surface area contributed by atoms with Crippen LogP contribution in [0.2, 0.25) is 0 Å². The predicted octanol–water partition coefficient (Wildman–Crippen LogP) is 4.28. The average molecular weight is 243 g/mol. The summed E-state index contributed by atoms with van der Waals surface area (Å²) in [7, 11) is 0. The van der Waals surface area contributed by atoms with Gasteiger partial charge in [0.2, 0.25) is 0 Å². The molecule has 0 atom stereocenters. The molecule has 0 saturated carbocycles. The summed E-state index contributed by atoms with van der Waals surface area (Å²) in [4.78, 5) is 3.80. The van der Waals surface area contributed by atoms with Crippen molar-refractivity contribution in [3.8, 4) is 0 Å². The lowest BCUT2D eigenvalue weighted by molar-refractivity contribution is 0.495. The molecular weight excluding hydrogens is 226 g/mol. The average Bonchev–Trinajstić information content (AvgIpc) is 2.97. The first-order chi connectivity index (χ1) is 8.27. The molecule has 3 rings (SSSR count). The fraction of sp³-hybridized carbons (Fsp3) is 0.333. The molecule has 1 nitrogen and oxygen atoms in total. The highest BCUT2D eigenvalue weighted by Crippen LogP contribution is 2.36. The topological polar surface area (TPSA) is 3.24 Å². The van der Waals surface area contributed by atoms with E-state index in [-0.39, 0.29) is 0 Å². The van der Waals surface area contributed by atoms with Crippen LogP contribution in [0.1, 0.15) is 23.3 Å². The van der Waals surface area contributed by atoms with Gasteiger partial charge in [-0.25, -0.2) is 0 Å². The van der Waals surface area contributed by atoms with E-state index in [9.17, 15) is 0 Å². The number of aryl methyl sites for hydroxylation is 1. The van der Waals surface area contributed by atoms with Gasteiger partial charge < -0.3 is 4.90 Å². The lowest BCUT2D eigenvalue weighted by atomic mass is 10.1. The van der Waals surface area contributed by atoms with Crippen molar-refractivity contribution in [1.29, 1.82) is 0 Å². The molecule has 1 aromatic heterocycles. The first-order valence-electron chi connectivity index (χ1n) is 6.20. The van der Waals surface area contributed by atoms with Crippen molar-refractivity contribution in [1.82, 2.24) is 4.90 Å². The van der Waals surface area contributed by atoms with Crippen LogP contribution in [-0.2, 0) is 0 Å². The molecule has 1 fully saturated rings. The van der Waals surface area contributed by atoms with Crippen molar-refractivity contribution < 1.29 is 0 Å². The first-order valence-corrected chi connectivity index (χ1v) is 7.01. The minimum Gasteiger partial charge on any atom is -0.371 e. The molecule has 0 spiro atoms. The van der Waals surface area contributed by atoms with Gasteiger partial charge in [0.05, 0.1) is 4.88 Å². The number of hydrogen-bond acceptors (Lipinski definition) is 2. The zero-order chi connectivity index (χ0) is 11.8. The molecule has 0 radical (unpaired) electrons. The molecule has 0 aliphatic carbocycles. The maximum absolute atomic E-state index is 4.30. The Hall–Kier alpha value is -1.28. The molecule has 1 aliphatic rings. The van der Waals surface area contributed by atoms with E-state index in [0.717, 1.165) is 0 Å². The smallest absolute Gasteiger partial charge is 0.0539 e. The molecule has 88 valence electrons. The van der Waals surface area contributed by atoms with Crippen molar-refractivity contribution >= 4 is 27.1 Å². The standard InChI is InChI=1S/C15H17NS/c1-11-13-7-3-4-8-14(13)17-15(11)12(2)16-9-5-6-10-16/h3-4,7-8H,2,5-6,9-10H2,1H3. The third-order valence-electron chi connectivity index (χ3n) is 3.59. The Morgan fingerprint density at radius 2 is 1.94 bits per heavy atom. The molecule has 17 heavy (non-hydrogen) atoms. The van der Waals surface area contributed by atoms with Gasteiger partial charge in [-0.15, -0.1) is 11.3 Å². The van der Waals surface area contributed by atoms with Gasteiger partial charge >= 0.3 is 0 Å². The van der Waals surface area contributed by atoms with Crippen molar-refractivity contribution in [2.24, 2.45) is 0 Å². The number of hydrogen-bond donors (Lipinski definition) is 0. The molecule has 0 N–H and O–H groups in total. The SMILES string of the molecule is C=C(c1sc2ccccc2c1C)N1CCCC1. The maximum Gasteiger partial charge on any atom is 0.0539 e. The second-order valence-electron chi connectivity index (χ2n) is 4.69. The second kappa shape index (κ2) is 4.19. The monoisotopic (exact) mass is 243 g/mol. The Labute approximate surface area is 106 Å². The minimum absolute atomic E-state index is 1.17. The normalized spacial score (nSPS) is 15.7. The Morgan fingerprint density at radius 3 is 2.65 bits per heavy atom. The molecule has 0 amide bonds. The Kier molecular flexibility index (Phi) is 2.67. The molecule has 0 unspecified atom stereocenters. The van der Waals surface area contributed by atoms with Gasteiger partial charge in [0.15, 0.2) is 0 Å². The zero-order valence-electron chi connectivity index (χ0n) is 10.2. The van der Waals surface area contributed by atoms with Crippen LogP contribution < -0.4 is 0 Å². The minimum atomic E-state index is 1.17. The number of rotatable bonds is 2. The quantitative estimate of drug-likeness (QED) is 0.761. The first kappa shape index (κ1) is 10.8. The summed E-state index contributed by atoms with van der Waals surface area (Å²) in [6, 6.07) is 8.64. The number of likely N-dealkylation sites (tertiary alicyclic amines) is 1. The van der Waals surface area contributed by atoms with Crippen LogP contribution in [0.3, 0.4) is 0 Å². The van der Waals surface area contributed by atoms with E-state index in [2.05, 4.69) is 42.7 Å². The molecule has 2 aromatic rings. The van der Waals surface area contributed by atoms with Crippen LogP contribution in [0.5, 0.6) is 0 Å². The van der Waals surface area contributed by atoms with Gasteiger partial charge in [-0.1, -0.05) is 24.8 Å². The molecule has 2 heterocycles. The summed E-state index contributed by atoms with van der Waals surface area (Å²) < 4.78 is 1.38. The Bertz CT molecular complexity index is 561. The van der Waals surface area contributed by atoms with Crippen molar-refractivity contribution in [2.45, 2.75) is 19.8 Å². The Balaban J connectivity index is 2.05. The number of nitrogens with zero attached hydrogens (tertiary/aromatic N) is 1. The van der Waals surface area contributed by atoms with Crippen LogP contribution in [-0.4, -0.2) is 18.0 Å². The number of fused-ring (bicyclic) bond motifs is 1. The van der Waals surface area contributed by atoms with Gasteiger partial charge in [-0.3, -0.25) is 0 Å². The van der Waals surface area contributed by atoms with E-state index in [1.165, 1.54) is 52.2 Å². The molecule has 2 heteroatoms. The van der Waals surface area contributed by atoms with E-state index in [4.69, 9.17) is 0 Å². The molecule has 1 saturated heterocycles. The highest BCUT2D eigenvalue weighted by atomic mass is 32.1. The van der Waals surface area contributed by atoms with Crippen LogP contribution in [0.15, 0.2) is 30.8 Å². The zero-order valence-corrected chi connectivity index (χ0v) is 11.0. The largest absolute Gasteiger partial charge is 0.371 e. The van der Waals surface area contributed by atoms with Gasteiger partial charge in [-0.2, -0.15) is 0 Å². The van der Waals surface area contributed by atoms with Crippen molar-refractivity contribution in [3.05, 3.63) is 41.3 Å². The van der Waals surface area contributed by atoms with E-state index in [0.29, 0.717) is 0 Å². The summed E-state index contributed by atoms with van der Waals surface area (Å²) in [6.45, 7) is 8.86. The van der Waals surface area contributed by atoms with E-state index < -0.39 is 0 Å². The lowest BCUT2D eigenvalue weighted by Crippen LogP contribution is -2.16. The van der Waals surface area contributed by atoms with Gasteiger partial charge in [0, 0.05) is 23.5 Å². The van der Waals surface area contributed by atoms with Crippen LogP contribution >= 0.6 is 11.3 Å². The van der Waals surface area contributed by atoms with Gasteiger partial charge in [-0.05, 0) is 36.8 Å². The van der Waals surface area contributed by atoms with Crippen LogP contribution in [0, 0.1) is 6.92 Å². The molecule has 0 bridgehead atoms. The summed E-state index contributed by atoms with van der Waals surface area (Å²) in [5.74, 6) is 0. The van der Waals surface area contributed by atoms with Crippen molar-refractivity contribution in [3.63, 3.8) is 0 Å². The summed E-state index contributed by atoms with van der Waals surface area (Å²) in [5.41, 5.74) is 2.61. The van der Waals surface area contributed by atoms with Crippen molar-refractivity contribution in [2.75, 3.05) is 13.1 Å². The number of thiophene rings is 1. The lowest BCUT2D eigenvalue weighted by Gasteiger charge is -2.19. The summed E-state index contributed by atoms with van der Waals surface area (Å²) in [5, 5.41) is 1.38. The van der Waals surface area contributed by atoms with Crippen LogP contribution in [0.25, 0.3) is 15.8 Å². The fourth-order valence-corrected chi connectivity index (χ4v) is 3.79. The molecular formula is C15H17NS.